The molecule has 0 saturated carbocycles. The Morgan fingerprint density at radius 1 is 1.80 bits per heavy atom. The third-order valence-corrected chi connectivity index (χ3v) is 1.05. The summed E-state index contributed by atoms with van der Waals surface area (Å²) in [6, 6.07) is 1.81. The lowest BCUT2D eigenvalue weighted by Gasteiger charge is -1.99. The van der Waals surface area contributed by atoms with E-state index in [0.29, 0.717) is 6.67 Å². The number of carbonyl (C=O) groups excluding carboxylic acids is 1. The smallest absolute Gasteiger partial charge is 0.218 e. The van der Waals surface area contributed by atoms with E-state index >= 15 is 0 Å². The Morgan fingerprint density at radius 2 is 2.60 bits per heavy atom. The molecule has 0 atom stereocenters. The number of nitrogens with one attached hydrogen (secondary N) is 1. The molecule has 0 aliphatic heterocycles. The van der Waals surface area contributed by atoms with Crippen LogP contribution in [0.15, 0.2) is 18.5 Å². The number of rotatable bonds is 2. The predicted molar refractivity (Wildman–Crippen MR) is 36.0 cm³/mol. The first-order chi connectivity index (χ1) is 4.79. The van der Waals surface area contributed by atoms with Crippen LogP contribution in [0.5, 0.6) is 0 Å². The minimum Gasteiger partial charge on any atom is -0.337 e. The molecule has 0 unspecified atom stereocenters. The molecule has 0 spiro atoms. The molecule has 0 fully saturated rings. The zero-order valence-electron chi connectivity index (χ0n) is 5.74. The zero-order chi connectivity index (χ0) is 7.40. The Balaban J connectivity index is 2.35. The summed E-state index contributed by atoms with van der Waals surface area (Å²) < 4.78 is 1.64. The molecule has 54 valence electrons. The van der Waals surface area contributed by atoms with Crippen LogP contribution in [-0.4, -0.2) is 15.7 Å². The minimum atomic E-state index is -0.0458. The fraction of sp³-hybridized carbons (Fsp3) is 0.333. The Bertz CT molecular complexity index is 205. The zero-order valence-corrected chi connectivity index (χ0v) is 5.74. The van der Waals surface area contributed by atoms with Gasteiger partial charge < -0.3 is 5.32 Å². The topological polar surface area (TPSA) is 46.9 Å². The van der Waals surface area contributed by atoms with Gasteiger partial charge in [0.15, 0.2) is 0 Å². The maximum atomic E-state index is 10.4. The van der Waals surface area contributed by atoms with Crippen LogP contribution < -0.4 is 5.32 Å². The maximum Gasteiger partial charge on any atom is 0.218 e. The van der Waals surface area contributed by atoms with Gasteiger partial charge in [-0.15, -0.1) is 0 Å². The van der Waals surface area contributed by atoms with Crippen molar-refractivity contribution in [2.24, 2.45) is 0 Å². The molecule has 4 nitrogen and oxygen atoms in total. The number of nitrogens with zero attached hydrogens (tertiary/aromatic N) is 2. The molecule has 0 aliphatic carbocycles. The summed E-state index contributed by atoms with van der Waals surface area (Å²) in [6.07, 6.45) is 3.46. The molecule has 10 heavy (non-hydrogen) atoms. The Hall–Kier alpha value is -1.32. The Morgan fingerprint density at radius 3 is 3.10 bits per heavy atom. The van der Waals surface area contributed by atoms with E-state index in [9.17, 15) is 4.79 Å². The van der Waals surface area contributed by atoms with E-state index in [-0.39, 0.29) is 5.91 Å². The molecular weight excluding hydrogens is 130 g/mol. The van der Waals surface area contributed by atoms with Gasteiger partial charge in [-0.2, -0.15) is 5.10 Å². The van der Waals surface area contributed by atoms with Crippen molar-refractivity contribution in [1.82, 2.24) is 15.1 Å². The third kappa shape index (κ3) is 1.89. The van der Waals surface area contributed by atoms with Gasteiger partial charge in [-0.1, -0.05) is 0 Å². The van der Waals surface area contributed by atoms with E-state index in [1.54, 1.807) is 17.1 Å². The molecule has 0 aliphatic rings. The molecule has 1 amide bonds. The summed E-state index contributed by atoms with van der Waals surface area (Å²) in [7, 11) is 0. The van der Waals surface area contributed by atoms with E-state index in [4.69, 9.17) is 0 Å². The van der Waals surface area contributed by atoms with Crippen LogP contribution >= 0.6 is 0 Å². The first-order valence-corrected chi connectivity index (χ1v) is 3.01. The van der Waals surface area contributed by atoms with Crippen LogP contribution in [0, 0.1) is 0 Å². The largest absolute Gasteiger partial charge is 0.337 e. The van der Waals surface area contributed by atoms with Crippen molar-refractivity contribution >= 4 is 5.91 Å². The number of hydrogen-bond donors (Lipinski definition) is 1. The number of hydrogen-bond acceptors (Lipinski definition) is 2. The summed E-state index contributed by atoms with van der Waals surface area (Å²) in [5.74, 6) is -0.0458. The van der Waals surface area contributed by atoms with Crippen LogP contribution in [0.1, 0.15) is 6.92 Å². The monoisotopic (exact) mass is 139 g/mol. The summed E-state index contributed by atoms with van der Waals surface area (Å²) in [6.45, 7) is 1.92. The van der Waals surface area contributed by atoms with Crippen LogP contribution in [0.2, 0.25) is 0 Å². The highest BCUT2D eigenvalue weighted by Crippen LogP contribution is 1.80. The van der Waals surface area contributed by atoms with Crippen molar-refractivity contribution in [2.75, 3.05) is 0 Å². The fourth-order valence-electron chi connectivity index (χ4n) is 0.586. The highest BCUT2D eigenvalue weighted by atomic mass is 16.1. The molecule has 1 aromatic heterocycles. The van der Waals surface area contributed by atoms with Gasteiger partial charge in [-0.25, -0.2) is 0 Å². The Kier molecular flexibility index (Phi) is 2.04. The second kappa shape index (κ2) is 3.00. The molecule has 1 N–H and O–H groups in total. The number of aromatic nitrogens is 2. The number of amides is 1. The van der Waals surface area contributed by atoms with Crippen molar-refractivity contribution < 1.29 is 4.79 Å². The lowest BCUT2D eigenvalue weighted by molar-refractivity contribution is -0.119. The lowest BCUT2D eigenvalue weighted by atomic mass is 10.7. The molecule has 0 aromatic carbocycles. The second-order valence-electron chi connectivity index (χ2n) is 1.94. The van der Waals surface area contributed by atoms with Crippen LogP contribution in [0.3, 0.4) is 0 Å². The van der Waals surface area contributed by atoms with Crippen LogP contribution in [-0.2, 0) is 11.5 Å². The van der Waals surface area contributed by atoms with Crippen molar-refractivity contribution in [2.45, 2.75) is 13.6 Å². The highest BCUT2D eigenvalue weighted by molar-refractivity contribution is 5.72. The van der Waals surface area contributed by atoms with Crippen molar-refractivity contribution in [1.29, 1.82) is 0 Å². The molecule has 4 heteroatoms. The summed E-state index contributed by atoms with van der Waals surface area (Å²) in [4.78, 5) is 10.4. The number of carbonyl (C=O) groups is 1. The second-order valence-corrected chi connectivity index (χ2v) is 1.94. The molecule has 1 aromatic rings. The van der Waals surface area contributed by atoms with Gasteiger partial charge >= 0.3 is 0 Å². The predicted octanol–water partition coefficient (Wildman–Crippen LogP) is -0.0233. The molecule has 0 radical (unpaired) electrons. The van der Waals surface area contributed by atoms with Gasteiger partial charge in [-0.05, 0) is 6.07 Å². The van der Waals surface area contributed by atoms with Crippen LogP contribution in [0.4, 0.5) is 0 Å². The standard InChI is InChI=1S/C6H9N3O/c1-6(10)7-5-9-4-2-3-8-9/h2-4H,5H2,1H3,(H,7,10). The van der Waals surface area contributed by atoms with Gasteiger partial charge in [-0.3, -0.25) is 9.48 Å². The van der Waals surface area contributed by atoms with E-state index in [2.05, 4.69) is 10.4 Å². The first kappa shape index (κ1) is 6.80. The molecule has 1 rings (SSSR count). The van der Waals surface area contributed by atoms with E-state index < -0.39 is 0 Å². The van der Waals surface area contributed by atoms with Gasteiger partial charge in [0.2, 0.25) is 5.91 Å². The quantitative estimate of drug-likeness (QED) is 0.625. The normalized spacial score (nSPS) is 9.30. The van der Waals surface area contributed by atoms with Gasteiger partial charge in [0, 0.05) is 19.3 Å². The van der Waals surface area contributed by atoms with Gasteiger partial charge in [0.05, 0.1) is 0 Å². The molecule has 1 heterocycles. The summed E-state index contributed by atoms with van der Waals surface area (Å²) >= 11 is 0. The van der Waals surface area contributed by atoms with Crippen molar-refractivity contribution in [3.63, 3.8) is 0 Å². The van der Waals surface area contributed by atoms with Gasteiger partial charge in [0.25, 0.3) is 0 Å². The lowest BCUT2D eigenvalue weighted by Crippen LogP contribution is -2.23. The fourth-order valence-corrected chi connectivity index (χ4v) is 0.586. The molecule has 0 saturated heterocycles. The Labute approximate surface area is 58.8 Å². The summed E-state index contributed by atoms with van der Waals surface area (Å²) in [5.41, 5.74) is 0. The van der Waals surface area contributed by atoms with E-state index in [0.717, 1.165) is 0 Å². The summed E-state index contributed by atoms with van der Waals surface area (Å²) in [5, 5.41) is 6.50. The van der Waals surface area contributed by atoms with E-state index in [1.807, 2.05) is 6.07 Å². The van der Waals surface area contributed by atoms with E-state index in [1.165, 1.54) is 6.92 Å². The average molecular weight is 139 g/mol. The van der Waals surface area contributed by atoms with Crippen LogP contribution in [0.25, 0.3) is 0 Å². The SMILES string of the molecule is CC(=O)NCn1cccn1. The highest BCUT2D eigenvalue weighted by Gasteiger charge is 1.89. The van der Waals surface area contributed by atoms with Crippen molar-refractivity contribution in [3.8, 4) is 0 Å². The van der Waals surface area contributed by atoms with Crippen molar-refractivity contribution in [3.05, 3.63) is 18.5 Å². The molecular formula is C6H9N3O. The maximum absolute atomic E-state index is 10.4. The minimum absolute atomic E-state index is 0.0458. The van der Waals surface area contributed by atoms with Gasteiger partial charge in [0.1, 0.15) is 6.67 Å². The average Bonchev–Trinajstić information content (AvgIpc) is 2.34. The third-order valence-electron chi connectivity index (χ3n) is 1.05. The first-order valence-electron chi connectivity index (χ1n) is 3.01. The molecule has 0 bridgehead atoms.